The minimum absolute atomic E-state index is 0.0627. The topological polar surface area (TPSA) is 35.5 Å². The average molecular weight is 327 g/mol. The fourth-order valence-electron chi connectivity index (χ4n) is 2.18. The summed E-state index contributed by atoms with van der Waals surface area (Å²) in [6.07, 6.45) is 1.62. The van der Waals surface area contributed by atoms with E-state index in [1.807, 2.05) is 18.2 Å². The van der Waals surface area contributed by atoms with Crippen molar-refractivity contribution in [2.45, 2.75) is 32.8 Å². The zero-order chi connectivity index (χ0) is 13.8. The van der Waals surface area contributed by atoms with E-state index in [9.17, 15) is 4.79 Å². The third kappa shape index (κ3) is 3.37. The average Bonchev–Trinajstić information content (AvgIpc) is 2.82. The second-order valence-electron chi connectivity index (χ2n) is 4.92. The highest BCUT2D eigenvalue weighted by Crippen LogP contribution is 2.29. The normalized spacial score (nSPS) is 22.5. The maximum absolute atomic E-state index is 12.3. The van der Waals surface area contributed by atoms with Crippen LogP contribution in [0.1, 0.15) is 37.0 Å². The number of rotatable bonds is 5. The Hall–Kier alpha value is -0.870. The Bertz CT molecular complexity index is 459. The summed E-state index contributed by atoms with van der Waals surface area (Å²) in [7, 11) is 0. The molecule has 2 atom stereocenters. The Morgan fingerprint density at radius 2 is 2.32 bits per heavy atom. The van der Waals surface area contributed by atoms with Crippen LogP contribution in [0.4, 0.5) is 0 Å². The first-order valence-corrected chi connectivity index (χ1v) is 7.51. The van der Waals surface area contributed by atoms with Crippen molar-refractivity contribution >= 4 is 21.7 Å². The van der Waals surface area contributed by atoms with Crippen molar-refractivity contribution in [2.75, 3.05) is 13.2 Å². The van der Waals surface area contributed by atoms with Crippen LogP contribution < -0.4 is 4.74 Å². The van der Waals surface area contributed by atoms with Gasteiger partial charge in [0.2, 0.25) is 0 Å². The number of Topliss-reactive ketones (excluding diaryl/α,β-unsaturated/α-hetero) is 1. The standard InChI is InChI=1S/C15H19BrO3/c1-3-7-18-13-5-4-11(9-12(13)16)14(17)15-10(2)6-8-19-15/h4-5,9-10,15H,3,6-8H2,1-2H3. The van der Waals surface area contributed by atoms with E-state index in [4.69, 9.17) is 9.47 Å². The van der Waals surface area contributed by atoms with Gasteiger partial charge >= 0.3 is 0 Å². The lowest BCUT2D eigenvalue weighted by atomic mass is 9.96. The van der Waals surface area contributed by atoms with Gasteiger partial charge in [-0.3, -0.25) is 4.79 Å². The molecule has 0 amide bonds. The molecule has 0 spiro atoms. The lowest BCUT2D eigenvalue weighted by Crippen LogP contribution is -2.25. The first kappa shape index (κ1) is 14.5. The fourth-order valence-corrected chi connectivity index (χ4v) is 2.67. The van der Waals surface area contributed by atoms with E-state index in [2.05, 4.69) is 29.8 Å². The van der Waals surface area contributed by atoms with Crippen LogP contribution in [-0.4, -0.2) is 25.1 Å². The first-order chi connectivity index (χ1) is 9.13. The monoisotopic (exact) mass is 326 g/mol. The summed E-state index contributed by atoms with van der Waals surface area (Å²) in [5, 5.41) is 0. The van der Waals surface area contributed by atoms with Crippen molar-refractivity contribution in [1.82, 2.24) is 0 Å². The predicted molar refractivity (Wildman–Crippen MR) is 77.8 cm³/mol. The van der Waals surface area contributed by atoms with Crippen LogP contribution in [0.25, 0.3) is 0 Å². The van der Waals surface area contributed by atoms with Crippen LogP contribution in [-0.2, 0) is 4.74 Å². The van der Waals surface area contributed by atoms with Crippen LogP contribution in [0.3, 0.4) is 0 Å². The third-order valence-electron chi connectivity index (χ3n) is 3.32. The number of ether oxygens (including phenoxy) is 2. The van der Waals surface area contributed by atoms with Gasteiger partial charge in [0.05, 0.1) is 11.1 Å². The third-order valence-corrected chi connectivity index (χ3v) is 3.94. The number of benzene rings is 1. The summed E-state index contributed by atoms with van der Waals surface area (Å²) in [6.45, 7) is 5.47. The van der Waals surface area contributed by atoms with Crippen LogP contribution in [0.5, 0.6) is 5.75 Å². The Morgan fingerprint density at radius 1 is 1.53 bits per heavy atom. The van der Waals surface area contributed by atoms with Gasteiger partial charge in [0.15, 0.2) is 5.78 Å². The molecule has 1 aliphatic heterocycles. The molecule has 0 aliphatic carbocycles. The molecule has 0 saturated carbocycles. The number of ketones is 1. The quantitative estimate of drug-likeness (QED) is 0.771. The van der Waals surface area contributed by atoms with E-state index in [1.165, 1.54) is 0 Å². The number of halogens is 1. The molecule has 1 aromatic carbocycles. The maximum Gasteiger partial charge on any atom is 0.191 e. The summed E-state index contributed by atoms with van der Waals surface area (Å²) in [5.41, 5.74) is 0.675. The summed E-state index contributed by atoms with van der Waals surface area (Å²) >= 11 is 3.45. The van der Waals surface area contributed by atoms with Crippen molar-refractivity contribution in [3.8, 4) is 5.75 Å². The van der Waals surface area contributed by atoms with E-state index in [0.29, 0.717) is 24.7 Å². The molecule has 0 N–H and O–H groups in total. The minimum atomic E-state index is -0.297. The van der Waals surface area contributed by atoms with Crippen LogP contribution in [0, 0.1) is 5.92 Å². The lowest BCUT2D eigenvalue weighted by Gasteiger charge is -2.14. The molecule has 0 radical (unpaired) electrons. The second kappa shape index (κ2) is 6.53. The Balaban J connectivity index is 2.12. The number of carbonyl (C=O) groups is 1. The largest absolute Gasteiger partial charge is 0.492 e. The number of hydrogen-bond acceptors (Lipinski definition) is 3. The summed E-state index contributed by atoms with van der Waals surface area (Å²) < 4.78 is 11.9. The smallest absolute Gasteiger partial charge is 0.191 e. The van der Waals surface area contributed by atoms with Gasteiger partial charge in [0.1, 0.15) is 11.9 Å². The molecule has 1 saturated heterocycles. The molecule has 3 nitrogen and oxygen atoms in total. The highest BCUT2D eigenvalue weighted by molar-refractivity contribution is 9.10. The SMILES string of the molecule is CCCOc1ccc(C(=O)C2OCCC2C)cc1Br. The van der Waals surface area contributed by atoms with Crippen LogP contribution >= 0.6 is 15.9 Å². The highest BCUT2D eigenvalue weighted by atomic mass is 79.9. The zero-order valence-electron chi connectivity index (χ0n) is 11.3. The molecule has 1 aliphatic rings. The molecule has 1 heterocycles. The van der Waals surface area contributed by atoms with Crippen molar-refractivity contribution in [1.29, 1.82) is 0 Å². The first-order valence-electron chi connectivity index (χ1n) is 6.71. The van der Waals surface area contributed by atoms with Gasteiger partial charge in [-0.05, 0) is 52.9 Å². The molecule has 2 unspecified atom stereocenters. The Kier molecular flexibility index (Phi) is 4.99. The van der Waals surface area contributed by atoms with Gasteiger partial charge in [-0.2, -0.15) is 0 Å². The van der Waals surface area contributed by atoms with Gasteiger partial charge in [0.25, 0.3) is 0 Å². The van der Waals surface area contributed by atoms with Crippen LogP contribution in [0.2, 0.25) is 0 Å². The molecule has 1 aromatic rings. The van der Waals surface area contributed by atoms with Gasteiger partial charge in [0, 0.05) is 12.2 Å². The van der Waals surface area contributed by atoms with Gasteiger partial charge in [-0.15, -0.1) is 0 Å². The van der Waals surface area contributed by atoms with Gasteiger partial charge in [-0.1, -0.05) is 13.8 Å². The van der Waals surface area contributed by atoms with Crippen molar-refractivity contribution in [3.05, 3.63) is 28.2 Å². The molecule has 19 heavy (non-hydrogen) atoms. The van der Waals surface area contributed by atoms with Crippen molar-refractivity contribution in [2.24, 2.45) is 5.92 Å². The Morgan fingerprint density at radius 3 is 2.89 bits per heavy atom. The molecule has 4 heteroatoms. The number of hydrogen-bond donors (Lipinski definition) is 0. The molecule has 1 fully saturated rings. The van der Waals surface area contributed by atoms with E-state index in [0.717, 1.165) is 23.1 Å². The van der Waals surface area contributed by atoms with Crippen molar-refractivity contribution in [3.63, 3.8) is 0 Å². The van der Waals surface area contributed by atoms with E-state index >= 15 is 0 Å². The number of carbonyl (C=O) groups excluding carboxylic acids is 1. The van der Waals surface area contributed by atoms with Gasteiger partial charge < -0.3 is 9.47 Å². The van der Waals surface area contributed by atoms with Crippen molar-refractivity contribution < 1.29 is 14.3 Å². The Labute approximate surface area is 122 Å². The molecule has 2 rings (SSSR count). The predicted octanol–water partition coefficient (Wildman–Crippen LogP) is 3.85. The fraction of sp³-hybridized carbons (Fsp3) is 0.533. The van der Waals surface area contributed by atoms with Gasteiger partial charge in [-0.25, -0.2) is 0 Å². The molecular formula is C15H19BrO3. The molecular weight excluding hydrogens is 308 g/mol. The van der Waals surface area contributed by atoms with E-state index < -0.39 is 0 Å². The molecule has 0 aromatic heterocycles. The highest BCUT2D eigenvalue weighted by Gasteiger charge is 2.31. The molecule has 0 bridgehead atoms. The summed E-state index contributed by atoms with van der Waals surface area (Å²) in [4.78, 5) is 12.3. The maximum atomic E-state index is 12.3. The van der Waals surface area contributed by atoms with E-state index in [1.54, 1.807) is 0 Å². The summed E-state index contributed by atoms with van der Waals surface area (Å²) in [5.74, 6) is 1.13. The summed E-state index contributed by atoms with van der Waals surface area (Å²) in [6, 6.07) is 5.47. The van der Waals surface area contributed by atoms with E-state index in [-0.39, 0.29) is 11.9 Å². The minimum Gasteiger partial charge on any atom is -0.492 e. The lowest BCUT2D eigenvalue weighted by molar-refractivity contribution is 0.0579. The zero-order valence-corrected chi connectivity index (χ0v) is 12.9. The van der Waals surface area contributed by atoms with Crippen LogP contribution in [0.15, 0.2) is 22.7 Å². The second-order valence-corrected chi connectivity index (χ2v) is 5.77. The molecule has 104 valence electrons.